The van der Waals surface area contributed by atoms with Gasteiger partial charge in [0.1, 0.15) is 6.10 Å². The van der Waals surface area contributed by atoms with E-state index in [2.05, 4.69) is 0 Å². The zero-order chi connectivity index (χ0) is 7.44. The molecule has 0 saturated carbocycles. The van der Waals surface area contributed by atoms with Crippen LogP contribution in [0.4, 0.5) is 0 Å². The highest BCUT2D eigenvalue weighted by Crippen LogP contribution is 2.05. The van der Waals surface area contributed by atoms with E-state index in [1.807, 2.05) is 0 Å². The quantitative estimate of drug-likeness (QED) is 0.566. The number of hydrogen-bond donors (Lipinski definition) is 0. The lowest BCUT2D eigenvalue weighted by Gasteiger charge is -2.12. The van der Waals surface area contributed by atoms with Gasteiger partial charge in [-0.25, -0.2) is 0 Å². The highest BCUT2D eigenvalue weighted by Gasteiger charge is 2.18. The Morgan fingerprint density at radius 1 is 1.67 bits per heavy atom. The summed E-state index contributed by atoms with van der Waals surface area (Å²) in [7, 11) is 1.48. The molecule has 2 atom stereocenters. The second-order valence-electron chi connectivity index (χ2n) is 1.94. The highest BCUT2D eigenvalue weighted by atomic mass is 35.5. The monoisotopic (exact) mass is 150 g/mol. The maximum absolute atomic E-state index is 10.6. The number of carbonyl (C=O) groups is 1. The van der Waals surface area contributed by atoms with Crippen molar-refractivity contribution in [1.82, 2.24) is 0 Å². The number of methoxy groups -OCH3 is 1. The summed E-state index contributed by atoms with van der Waals surface area (Å²) in [5.41, 5.74) is 0. The van der Waals surface area contributed by atoms with Gasteiger partial charge in [-0.15, -0.1) is 11.6 Å². The van der Waals surface area contributed by atoms with E-state index in [0.29, 0.717) is 0 Å². The Hall–Kier alpha value is -0.0800. The normalized spacial score (nSPS) is 16.9. The van der Waals surface area contributed by atoms with E-state index in [0.717, 1.165) is 0 Å². The van der Waals surface area contributed by atoms with Crippen molar-refractivity contribution < 1.29 is 9.53 Å². The van der Waals surface area contributed by atoms with Gasteiger partial charge < -0.3 is 4.74 Å². The van der Waals surface area contributed by atoms with E-state index in [1.54, 1.807) is 6.92 Å². The molecule has 0 aromatic carbocycles. The molecule has 0 fully saturated rings. The van der Waals surface area contributed by atoms with Crippen LogP contribution < -0.4 is 0 Å². The first-order chi connectivity index (χ1) is 4.09. The Morgan fingerprint density at radius 3 is 2.11 bits per heavy atom. The second kappa shape index (κ2) is 3.85. The van der Waals surface area contributed by atoms with E-state index >= 15 is 0 Å². The molecule has 0 radical (unpaired) electrons. The van der Waals surface area contributed by atoms with Crippen LogP contribution in [0.1, 0.15) is 13.8 Å². The molecule has 2 unspecified atom stereocenters. The molecule has 2 nitrogen and oxygen atoms in total. The summed E-state index contributed by atoms with van der Waals surface area (Å²) in [4.78, 5) is 10.6. The fourth-order valence-corrected chi connectivity index (χ4v) is 0.957. The molecule has 0 aromatic rings. The first-order valence-corrected chi connectivity index (χ1v) is 3.20. The molecule has 0 aromatic heterocycles. The van der Waals surface area contributed by atoms with Crippen molar-refractivity contribution in [3.05, 3.63) is 0 Å². The Morgan fingerprint density at radius 2 is 2.11 bits per heavy atom. The largest absolute Gasteiger partial charge is 0.372 e. The number of alkyl halides is 1. The van der Waals surface area contributed by atoms with Gasteiger partial charge in [-0.1, -0.05) is 0 Å². The van der Waals surface area contributed by atoms with Crippen molar-refractivity contribution >= 4 is 17.4 Å². The van der Waals surface area contributed by atoms with E-state index < -0.39 is 6.10 Å². The molecular weight excluding hydrogens is 140 g/mol. The van der Waals surface area contributed by atoms with Gasteiger partial charge in [0.2, 0.25) is 0 Å². The van der Waals surface area contributed by atoms with Gasteiger partial charge in [0.15, 0.2) is 5.78 Å². The van der Waals surface area contributed by atoms with Crippen LogP contribution in [0.5, 0.6) is 0 Å². The van der Waals surface area contributed by atoms with Crippen LogP contribution in [0.3, 0.4) is 0 Å². The number of hydrogen-bond acceptors (Lipinski definition) is 2. The van der Waals surface area contributed by atoms with Crippen LogP contribution in [-0.2, 0) is 9.53 Å². The molecule has 0 spiro atoms. The second-order valence-corrected chi connectivity index (χ2v) is 2.63. The van der Waals surface area contributed by atoms with Gasteiger partial charge >= 0.3 is 0 Å². The number of ether oxygens (including phenoxy) is 1. The fraction of sp³-hybridized carbons (Fsp3) is 0.833. The summed E-state index contributed by atoms with van der Waals surface area (Å²) in [6.07, 6.45) is -0.452. The van der Waals surface area contributed by atoms with Crippen LogP contribution in [0.15, 0.2) is 0 Å². The zero-order valence-corrected chi connectivity index (χ0v) is 6.61. The predicted molar refractivity (Wildman–Crippen MR) is 36.8 cm³/mol. The molecule has 0 aliphatic carbocycles. The van der Waals surface area contributed by atoms with E-state index in [-0.39, 0.29) is 11.2 Å². The maximum atomic E-state index is 10.6. The summed E-state index contributed by atoms with van der Waals surface area (Å²) in [5, 5.41) is -0.243. The molecule has 0 amide bonds. The maximum Gasteiger partial charge on any atom is 0.159 e. The van der Waals surface area contributed by atoms with E-state index in [9.17, 15) is 4.79 Å². The molecule has 0 aliphatic rings. The van der Waals surface area contributed by atoms with Crippen molar-refractivity contribution in [3.8, 4) is 0 Å². The van der Waals surface area contributed by atoms with Crippen molar-refractivity contribution in [2.24, 2.45) is 0 Å². The average Bonchev–Trinajstić information content (AvgIpc) is 1.64. The summed E-state index contributed by atoms with van der Waals surface area (Å²) in [6.45, 7) is 3.20. The summed E-state index contributed by atoms with van der Waals surface area (Å²) in [5.74, 6) is -0.0278. The van der Waals surface area contributed by atoms with Crippen molar-refractivity contribution in [2.45, 2.75) is 25.3 Å². The van der Waals surface area contributed by atoms with Crippen molar-refractivity contribution in [3.63, 3.8) is 0 Å². The molecule has 54 valence electrons. The Labute approximate surface area is 60.1 Å². The van der Waals surface area contributed by atoms with Crippen LogP contribution in [-0.4, -0.2) is 24.4 Å². The molecule has 9 heavy (non-hydrogen) atoms. The third-order valence-electron chi connectivity index (χ3n) is 1.07. The standard InChI is InChI=1S/C6H11ClO2/c1-4(7)6(9-3)5(2)8/h4,6H,1-3H3. The van der Waals surface area contributed by atoms with Crippen molar-refractivity contribution in [1.29, 1.82) is 0 Å². The molecule has 3 heteroatoms. The Bertz CT molecular complexity index is 101. The predicted octanol–water partition coefficient (Wildman–Crippen LogP) is 1.22. The number of ketones is 1. The first kappa shape index (κ1) is 8.92. The Balaban J connectivity index is 3.83. The number of halogens is 1. The topological polar surface area (TPSA) is 26.3 Å². The molecule has 0 N–H and O–H groups in total. The molecule has 0 bridgehead atoms. The SMILES string of the molecule is COC(C(C)=O)C(C)Cl. The molecule has 0 aliphatic heterocycles. The summed E-state index contributed by atoms with van der Waals surface area (Å²) in [6, 6.07) is 0. The molecule has 0 rings (SSSR count). The first-order valence-electron chi connectivity index (χ1n) is 2.77. The van der Waals surface area contributed by atoms with Crippen LogP contribution >= 0.6 is 11.6 Å². The van der Waals surface area contributed by atoms with Gasteiger partial charge in [0, 0.05) is 7.11 Å². The third-order valence-corrected chi connectivity index (χ3v) is 1.30. The minimum Gasteiger partial charge on any atom is -0.372 e. The van der Waals surface area contributed by atoms with E-state index in [1.165, 1.54) is 14.0 Å². The summed E-state index contributed by atoms with van der Waals surface area (Å²) >= 11 is 5.59. The van der Waals surface area contributed by atoms with Gasteiger partial charge in [0.05, 0.1) is 5.38 Å². The van der Waals surface area contributed by atoms with Gasteiger partial charge in [-0.3, -0.25) is 4.79 Å². The smallest absolute Gasteiger partial charge is 0.159 e. The minimum absolute atomic E-state index is 0.0278. The summed E-state index contributed by atoms with van der Waals surface area (Å²) < 4.78 is 4.79. The molecular formula is C6H11ClO2. The highest BCUT2D eigenvalue weighted by molar-refractivity contribution is 6.22. The van der Waals surface area contributed by atoms with Crippen LogP contribution in [0.25, 0.3) is 0 Å². The third kappa shape index (κ3) is 2.82. The minimum atomic E-state index is -0.452. The Kier molecular flexibility index (Phi) is 3.82. The fourth-order valence-electron chi connectivity index (χ4n) is 0.677. The average molecular weight is 151 g/mol. The number of carbonyl (C=O) groups excluding carboxylic acids is 1. The van der Waals surface area contributed by atoms with Gasteiger partial charge in [-0.2, -0.15) is 0 Å². The van der Waals surface area contributed by atoms with Crippen LogP contribution in [0, 0.1) is 0 Å². The zero-order valence-electron chi connectivity index (χ0n) is 5.85. The molecule has 0 saturated heterocycles. The lowest BCUT2D eigenvalue weighted by molar-refractivity contribution is -0.126. The number of Topliss-reactive ketones (excluding diaryl/α,β-unsaturated/α-hetero) is 1. The lowest BCUT2D eigenvalue weighted by atomic mass is 10.2. The van der Waals surface area contributed by atoms with E-state index in [4.69, 9.17) is 16.3 Å². The lowest BCUT2D eigenvalue weighted by Crippen LogP contribution is -2.28. The van der Waals surface area contributed by atoms with Crippen LogP contribution in [0.2, 0.25) is 0 Å². The van der Waals surface area contributed by atoms with Crippen molar-refractivity contribution in [2.75, 3.05) is 7.11 Å². The number of rotatable bonds is 3. The molecule has 0 heterocycles. The van der Waals surface area contributed by atoms with Gasteiger partial charge in [-0.05, 0) is 13.8 Å². The van der Waals surface area contributed by atoms with Gasteiger partial charge in [0.25, 0.3) is 0 Å².